The van der Waals surface area contributed by atoms with Gasteiger partial charge in [-0.1, -0.05) is 18.2 Å². The van der Waals surface area contributed by atoms with Crippen LogP contribution in [0.4, 0.5) is 0 Å². The minimum absolute atomic E-state index is 0.0512. The summed E-state index contributed by atoms with van der Waals surface area (Å²) < 4.78 is 5.26. The minimum Gasteiger partial charge on any atom is -0.497 e. The van der Waals surface area contributed by atoms with E-state index in [0.29, 0.717) is 17.6 Å². The number of carbonyl (C=O) groups excluding carboxylic acids is 1. The smallest absolute Gasteiger partial charge is 0.253 e. The number of benzene rings is 3. The first-order valence-electron chi connectivity index (χ1n) is 8.27. The largest absolute Gasteiger partial charge is 0.497 e. The van der Waals surface area contributed by atoms with E-state index in [0.717, 1.165) is 27.6 Å². The number of hydrogen-bond donors (Lipinski definition) is 1. The van der Waals surface area contributed by atoms with Gasteiger partial charge in [-0.2, -0.15) is 15.4 Å². The molecule has 0 spiro atoms. The Kier molecular flexibility index (Phi) is 4.01. The van der Waals surface area contributed by atoms with Crippen LogP contribution in [0.1, 0.15) is 15.9 Å². The maximum absolute atomic E-state index is 12.7. The number of aromatic amines is 1. The Bertz CT molecular complexity index is 1100. The Labute approximate surface area is 150 Å². The van der Waals surface area contributed by atoms with E-state index in [1.165, 1.54) is 0 Å². The lowest BCUT2D eigenvalue weighted by molar-refractivity contribution is 0.0785. The number of rotatable bonds is 4. The number of hydrogen-bond acceptors (Lipinski definition) is 4. The molecule has 0 saturated heterocycles. The summed E-state index contributed by atoms with van der Waals surface area (Å²) in [6, 6.07) is 17.5. The number of ether oxygens (including phenoxy) is 1. The number of nitrogens with one attached hydrogen (secondary N) is 1. The number of fused-ring (bicyclic) bond motifs is 2. The van der Waals surface area contributed by atoms with Crippen LogP contribution in [0.3, 0.4) is 0 Å². The lowest BCUT2D eigenvalue weighted by Crippen LogP contribution is -2.26. The molecule has 0 atom stereocenters. The quantitative estimate of drug-likeness (QED) is 0.615. The van der Waals surface area contributed by atoms with E-state index < -0.39 is 0 Å². The zero-order valence-electron chi connectivity index (χ0n) is 14.6. The third-order valence-electron chi connectivity index (χ3n) is 4.44. The molecule has 0 bridgehead atoms. The van der Waals surface area contributed by atoms with Gasteiger partial charge in [0.2, 0.25) is 0 Å². The normalized spacial score (nSPS) is 11.0. The minimum atomic E-state index is -0.0512. The molecule has 6 heteroatoms. The molecular formula is C20H18N4O2. The van der Waals surface area contributed by atoms with Crippen molar-refractivity contribution in [2.45, 2.75) is 6.54 Å². The summed E-state index contributed by atoms with van der Waals surface area (Å²) in [7, 11) is 3.46. The molecule has 1 N–H and O–H groups in total. The molecule has 26 heavy (non-hydrogen) atoms. The van der Waals surface area contributed by atoms with Crippen LogP contribution in [0.25, 0.3) is 21.8 Å². The molecule has 6 nitrogen and oxygen atoms in total. The highest BCUT2D eigenvalue weighted by Crippen LogP contribution is 2.22. The molecule has 4 aromatic rings. The fourth-order valence-corrected chi connectivity index (χ4v) is 3.04. The van der Waals surface area contributed by atoms with Crippen molar-refractivity contribution in [3.8, 4) is 5.75 Å². The number of nitrogens with zero attached hydrogens (tertiary/aromatic N) is 3. The van der Waals surface area contributed by atoms with Gasteiger partial charge in [-0.05, 0) is 52.7 Å². The zero-order chi connectivity index (χ0) is 18.1. The van der Waals surface area contributed by atoms with Crippen molar-refractivity contribution in [2.24, 2.45) is 0 Å². The van der Waals surface area contributed by atoms with Crippen LogP contribution in [0, 0.1) is 0 Å². The van der Waals surface area contributed by atoms with Gasteiger partial charge in [0.15, 0.2) is 0 Å². The molecule has 0 fully saturated rings. The van der Waals surface area contributed by atoms with Crippen molar-refractivity contribution < 1.29 is 9.53 Å². The third kappa shape index (κ3) is 2.97. The number of aromatic nitrogens is 3. The maximum Gasteiger partial charge on any atom is 0.253 e. The summed E-state index contributed by atoms with van der Waals surface area (Å²) in [6.45, 7) is 0.525. The van der Waals surface area contributed by atoms with Crippen LogP contribution in [0.5, 0.6) is 5.75 Å². The molecule has 1 aromatic heterocycles. The van der Waals surface area contributed by atoms with Gasteiger partial charge in [0.1, 0.15) is 16.8 Å². The first-order chi connectivity index (χ1) is 12.6. The van der Waals surface area contributed by atoms with Crippen LogP contribution < -0.4 is 4.74 Å². The van der Waals surface area contributed by atoms with Crippen LogP contribution in [-0.4, -0.2) is 40.4 Å². The van der Waals surface area contributed by atoms with Crippen LogP contribution in [0.15, 0.2) is 54.6 Å². The number of methoxy groups -OCH3 is 1. The van der Waals surface area contributed by atoms with Gasteiger partial charge in [0.25, 0.3) is 5.91 Å². The molecule has 1 heterocycles. The first kappa shape index (κ1) is 16.1. The van der Waals surface area contributed by atoms with E-state index >= 15 is 0 Å². The van der Waals surface area contributed by atoms with Crippen molar-refractivity contribution in [3.05, 3.63) is 65.7 Å². The molecule has 0 saturated carbocycles. The standard InChI is InChI=1S/C20H18N4O2/c1-24(20(25)16-6-8-18-19(11-16)22-23-21-18)12-13-3-4-15-10-17(26-2)7-5-14(15)9-13/h3-11H,12H2,1-2H3,(H,21,22,23). The van der Waals surface area contributed by atoms with E-state index in [1.807, 2.05) is 30.3 Å². The predicted molar refractivity (Wildman–Crippen MR) is 100 cm³/mol. The molecule has 130 valence electrons. The number of amides is 1. The fourth-order valence-electron chi connectivity index (χ4n) is 3.04. The molecule has 0 aliphatic rings. The average molecular weight is 346 g/mol. The van der Waals surface area contributed by atoms with Gasteiger partial charge in [-0.25, -0.2) is 0 Å². The van der Waals surface area contributed by atoms with Crippen molar-refractivity contribution in [3.63, 3.8) is 0 Å². The first-order valence-corrected chi connectivity index (χ1v) is 8.27. The molecule has 0 radical (unpaired) electrons. The Hall–Kier alpha value is -3.41. The molecule has 4 rings (SSSR count). The highest BCUT2D eigenvalue weighted by molar-refractivity contribution is 5.97. The van der Waals surface area contributed by atoms with Gasteiger partial charge >= 0.3 is 0 Å². The second kappa shape index (κ2) is 6.48. The summed E-state index contributed by atoms with van der Waals surface area (Å²) in [4.78, 5) is 14.4. The zero-order valence-corrected chi connectivity index (χ0v) is 14.6. The van der Waals surface area contributed by atoms with Crippen molar-refractivity contribution in [1.82, 2.24) is 20.3 Å². The third-order valence-corrected chi connectivity index (χ3v) is 4.44. The van der Waals surface area contributed by atoms with Crippen molar-refractivity contribution >= 4 is 27.7 Å². The Morgan fingerprint density at radius 1 is 1.00 bits per heavy atom. The van der Waals surface area contributed by atoms with Gasteiger partial charge < -0.3 is 9.64 Å². The fraction of sp³-hybridized carbons (Fsp3) is 0.150. The summed E-state index contributed by atoms with van der Waals surface area (Å²) in [6.07, 6.45) is 0. The summed E-state index contributed by atoms with van der Waals surface area (Å²) in [5, 5.41) is 12.8. The SMILES string of the molecule is COc1ccc2cc(CN(C)C(=O)c3ccc4n[nH]nc4c3)ccc2c1. The van der Waals surface area contributed by atoms with Crippen LogP contribution in [-0.2, 0) is 6.54 Å². The Morgan fingerprint density at radius 2 is 1.77 bits per heavy atom. The molecule has 0 unspecified atom stereocenters. The van der Waals surface area contributed by atoms with Gasteiger partial charge in [0, 0.05) is 19.2 Å². The Morgan fingerprint density at radius 3 is 2.62 bits per heavy atom. The molecular weight excluding hydrogens is 328 g/mol. The van der Waals surface area contributed by atoms with Crippen molar-refractivity contribution in [2.75, 3.05) is 14.2 Å². The maximum atomic E-state index is 12.7. The topological polar surface area (TPSA) is 71.1 Å². The Balaban J connectivity index is 1.55. The number of H-pyrrole nitrogens is 1. The average Bonchev–Trinajstić information content (AvgIpc) is 3.14. The summed E-state index contributed by atoms with van der Waals surface area (Å²) in [5.74, 6) is 0.783. The summed E-state index contributed by atoms with van der Waals surface area (Å²) >= 11 is 0. The van der Waals surface area contributed by atoms with Crippen molar-refractivity contribution in [1.29, 1.82) is 0 Å². The van der Waals surface area contributed by atoms with Crippen LogP contribution in [0.2, 0.25) is 0 Å². The van der Waals surface area contributed by atoms with Gasteiger partial charge in [-0.15, -0.1) is 0 Å². The molecule has 1 amide bonds. The lowest BCUT2D eigenvalue weighted by Gasteiger charge is -2.18. The molecule has 0 aliphatic heterocycles. The summed E-state index contributed by atoms with van der Waals surface area (Å²) in [5.41, 5.74) is 3.10. The second-order valence-electron chi connectivity index (χ2n) is 6.24. The second-order valence-corrected chi connectivity index (χ2v) is 6.24. The predicted octanol–water partition coefficient (Wildman–Crippen LogP) is 3.39. The van der Waals surface area contributed by atoms with Gasteiger partial charge in [-0.3, -0.25) is 4.79 Å². The monoisotopic (exact) mass is 346 g/mol. The lowest BCUT2D eigenvalue weighted by atomic mass is 10.1. The molecule has 3 aromatic carbocycles. The van der Waals surface area contributed by atoms with E-state index in [-0.39, 0.29) is 5.91 Å². The van der Waals surface area contributed by atoms with E-state index in [2.05, 4.69) is 21.5 Å². The highest BCUT2D eigenvalue weighted by atomic mass is 16.5. The van der Waals surface area contributed by atoms with Crippen LogP contribution >= 0.6 is 0 Å². The molecule has 0 aliphatic carbocycles. The highest BCUT2D eigenvalue weighted by Gasteiger charge is 2.14. The number of carbonyl (C=O) groups is 1. The van der Waals surface area contributed by atoms with E-state index in [4.69, 9.17) is 4.74 Å². The van der Waals surface area contributed by atoms with E-state index in [1.54, 1.807) is 37.3 Å². The van der Waals surface area contributed by atoms with E-state index in [9.17, 15) is 4.79 Å². The van der Waals surface area contributed by atoms with Gasteiger partial charge in [0.05, 0.1) is 7.11 Å².